The van der Waals surface area contributed by atoms with Gasteiger partial charge < -0.3 is 9.73 Å². The molecule has 31 heavy (non-hydrogen) atoms. The molecule has 0 unspecified atom stereocenters. The molecule has 1 amide bonds. The summed E-state index contributed by atoms with van der Waals surface area (Å²) in [5.41, 5.74) is 1.28. The molecule has 0 spiro atoms. The van der Waals surface area contributed by atoms with E-state index in [-0.39, 0.29) is 17.6 Å². The monoisotopic (exact) mass is 431 g/mol. The first-order valence-electron chi connectivity index (χ1n) is 9.88. The first kappa shape index (κ1) is 22.6. The highest BCUT2D eigenvalue weighted by Crippen LogP contribution is 2.29. The van der Waals surface area contributed by atoms with Gasteiger partial charge in [-0.1, -0.05) is 42.5 Å². The van der Waals surface area contributed by atoms with Gasteiger partial charge in [0.25, 0.3) is 5.91 Å². The summed E-state index contributed by atoms with van der Waals surface area (Å²) in [5.74, 6) is 0.0408. The Morgan fingerprint density at radius 3 is 2.19 bits per heavy atom. The van der Waals surface area contributed by atoms with Crippen LogP contribution in [-0.2, 0) is 25.8 Å². The summed E-state index contributed by atoms with van der Waals surface area (Å²) < 4.78 is 44.0. The molecule has 3 rings (SSSR count). The number of nitrogens with one attached hydrogen (secondary N) is 1. The number of carbonyl (C=O) groups is 1. The van der Waals surface area contributed by atoms with Crippen molar-refractivity contribution in [3.63, 3.8) is 0 Å². The van der Waals surface area contributed by atoms with E-state index in [2.05, 4.69) is 10.3 Å². The quantitative estimate of drug-likeness (QED) is 0.543. The zero-order chi connectivity index (χ0) is 22.4. The Morgan fingerprint density at radius 2 is 1.61 bits per heavy atom. The highest BCUT2D eigenvalue weighted by atomic mass is 19.4. The third-order valence-electron chi connectivity index (χ3n) is 4.50. The van der Waals surface area contributed by atoms with E-state index in [9.17, 15) is 18.0 Å². The van der Waals surface area contributed by atoms with E-state index < -0.39 is 11.7 Å². The van der Waals surface area contributed by atoms with Crippen LogP contribution in [-0.4, -0.2) is 21.8 Å². The molecule has 1 N–H and O–H groups in total. The fourth-order valence-electron chi connectivity index (χ4n) is 3.08. The average molecular weight is 431 g/mol. The van der Waals surface area contributed by atoms with Crippen molar-refractivity contribution in [3.05, 3.63) is 89.1 Å². The molecule has 0 bridgehead atoms. The maximum absolute atomic E-state index is 12.8. The molecule has 1 heterocycles. The fraction of sp³-hybridized carbons (Fsp3) is 0.304. The summed E-state index contributed by atoms with van der Waals surface area (Å²) >= 11 is 0. The number of nitrogens with zero attached hydrogens (tertiary/aromatic N) is 2. The minimum absolute atomic E-state index is 0.0260. The molecular formula is C23H24F3N3O2. The number of alkyl halides is 3. The summed E-state index contributed by atoms with van der Waals surface area (Å²) in [6.07, 6.45) is -3.06. The fourth-order valence-corrected chi connectivity index (χ4v) is 3.08. The standard InChI is InChI=1S/C23H24F3N3O2/c1-16(2)27-22(30)20-15-31-21(28-20)14-29(12-17-6-4-3-5-7-17)13-18-8-10-19(11-9-18)23(24,25)26/h3-11,15-16H,12-14H2,1-2H3,(H,27,30). The Kier molecular flexibility index (Phi) is 7.12. The van der Waals surface area contributed by atoms with Gasteiger partial charge in [0.05, 0.1) is 12.1 Å². The minimum atomic E-state index is -4.37. The zero-order valence-electron chi connectivity index (χ0n) is 17.3. The third-order valence-corrected chi connectivity index (χ3v) is 4.50. The minimum Gasteiger partial charge on any atom is -0.447 e. The van der Waals surface area contributed by atoms with Gasteiger partial charge >= 0.3 is 6.18 Å². The van der Waals surface area contributed by atoms with Crippen LogP contribution in [0.3, 0.4) is 0 Å². The highest BCUT2D eigenvalue weighted by Gasteiger charge is 2.30. The number of hydrogen-bond acceptors (Lipinski definition) is 4. The molecule has 3 aromatic rings. The van der Waals surface area contributed by atoms with Gasteiger partial charge in [0.2, 0.25) is 5.89 Å². The summed E-state index contributed by atoms with van der Waals surface area (Å²) in [4.78, 5) is 18.4. The molecule has 0 aliphatic heterocycles. The van der Waals surface area contributed by atoms with Crippen molar-refractivity contribution < 1.29 is 22.4 Å². The van der Waals surface area contributed by atoms with Gasteiger partial charge in [0.1, 0.15) is 6.26 Å². The maximum atomic E-state index is 12.8. The van der Waals surface area contributed by atoms with Crippen LogP contribution in [0.4, 0.5) is 13.2 Å². The number of amides is 1. The molecule has 0 aliphatic carbocycles. The number of hydrogen-bond donors (Lipinski definition) is 1. The van der Waals surface area contributed by atoms with Gasteiger partial charge in [-0.05, 0) is 37.1 Å². The second kappa shape index (κ2) is 9.78. The van der Waals surface area contributed by atoms with E-state index in [0.717, 1.165) is 23.3 Å². The van der Waals surface area contributed by atoms with Gasteiger partial charge in [-0.2, -0.15) is 13.2 Å². The van der Waals surface area contributed by atoms with Crippen molar-refractivity contribution in [1.82, 2.24) is 15.2 Å². The zero-order valence-corrected chi connectivity index (χ0v) is 17.3. The Hall–Kier alpha value is -3.13. The van der Waals surface area contributed by atoms with E-state index in [1.807, 2.05) is 49.1 Å². The Bertz CT molecular complexity index is 983. The predicted molar refractivity (Wildman–Crippen MR) is 110 cm³/mol. The number of aromatic nitrogens is 1. The highest BCUT2D eigenvalue weighted by molar-refractivity contribution is 5.92. The number of halogens is 3. The molecule has 0 saturated heterocycles. The van der Waals surface area contributed by atoms with Crippen LogP contribution >= 0.6 is 0 Å². The molecule has 0 aliphatic rings. The van der Waals surface area contributed by atoms with Crippen molar-refractivity contribution in [2.75, 3.05) is 0 Å². The lowest BCUT2D eigenvalue weighted by atomic mass is 10.1. The van der Waals surface area contributed by atoms with E-state index in [0.29, 0.717) is 25.5 Å². The number of oxazole rings is 1. The topological polar surface area (TPSA) is 58.4 Å². The molecule has 0 fully saturated rings. The summed E-state index contributed by atoms with van der Waals surface area (Å²) in [7, 11) is 0. The van der Waals surface area contributed by atoms with E-state index in [1.165, 1.54) is 18.4 Å². The second-order valence-electron chi connectivity index (χ2n) is 7.58. The largest absolute Gasteiger partial charge is 0.447 e. The van der Waals surface area contributed by atoms with Gasteiger partial charge in [-0.15, -0.1) is 0 Å². The van der Waals surface area contributed by atoms with Gasteiger partial charge in [-0.25, -0.2) is 4.98 Å². The molecule has 164 valence electrons. The van der Waals surface area contributed by atoms with Crippen molar-refractivity contribution in [2.24, 2.45) is 0 Å². The lowest BCUT2D eigenvalue weighted by Gasteiger charge is -2.21. The summed E-state index contributed by atoms with van der Waals surface area (Å²) in [5, 5.41) is 2.76. The van der Waals surface area contributed by atoms with Gasteiger partial charge in [0, 0.05) is 19.1 Å². The SMILES string of the molecule is CC(C)NC(=O)c1coc(CN(Cc2ccccc2)Cc2ccc(C(F)(F)F)cc2)n1. The maximum Gasteiger partial charge on any atom is 0.416 e. The molecule has 1 aromatic heterocycles. The molecule has 0 atom stereocenters. The summed E-state index contributed by atoms with van der Waals surface area (Å²) in [6.45, 7) is 4.93. The second-order valence-corrected chi connectivity index (χ2v) is 7.58. The van der Waals surface area contributed by atoms with Crippen LogP contribution in [0.1, 0.15) is 46.9 Å². The molecule has 8 heteroatoms. The molecular weight excluding hydrogens is 407 g/mol. The molecule has 0 saturated carbocycles. The normalized spacial score (nSPS) is 11.8. The van der Waals surface area contributed by atoms with Crippen molar-refractivity contribution in [3.8, 4) is 0 Å². The van der Waals surface area contributed by atoms with Gasteiger partial charge in [0.15, 0.2) is 5.69 Å². The first-order chi connectivity index (χ1) is 14.7. The van der Waals surface area contributed by atoms with Gasteiger partial charge in [-0.3, -0.25) is 9.69 Å². The van der Waals surface area contributed by atoms with E-state index in [4.69, 9.17) is 4.42 Å². The van der Waals surface area contributed by atoms with E-state index in [1.54, 1.807) is 0 Å². The van der Waals surface area contributed by atoms with Crippen molar-refractivity contribution in [2.45, 2.75) is 45.7 Å². The van der Waals surface area contributed by atoms with Crippen molar-refractivity contribution >= 4 is 5.91 Å². The van der Waals surface area contributed by atoms with E-state index >= 15 is 0 Å². The Morgan fingerprint density at radius 1 is 1.00 bits per heavy atom. The third kappa shape index (κ3) is 6.68. The molecule has 5 nitrogen and oxygen atoms in total. The Balaban J connectivity index is 1.75. The number of rotatable bonds is 8. The van der Waals surface area contributed by atoms with Crippen LogP contribution in [0.25, 0.3) is 0 Å². The lowest BCUT2D eigenvalue weighted by Crippen LogP contribution is -2.30. The van der Waals surface area contributed by atoms with Crippen molar-refractivity contribution in [1.29, 1.82) is 0 Å². The van der Waals surface area contributed by atoms with Crippen LogP contribution in [0, 0.1) is 0 Å². The van der Waals surface area contributed by atoms with Crippen LogP contribution in [0.5, 0.6) is 0 Å². The van der Waals surface area contributed by atoms with Crippen LogP contribution < -0.4 is 5.32 Å². The molecule has 2 aromatic carbocycles. The first-order valence-corrected chi connectivity index (χ1v) is 9.88. The lowest BCUT2D eigenvalue weighted by molar-refractivity contribution is -0.137. The smallest absolute Gasteiger partial charge is 0.416 e. The number of benzene rings is 2. The predicted octanol–water partition coefficient (Wildman–Crippen LogP) is 5.03. The number of carbonyl (C=O) groups excluding carboxylic acids is 1. The molecule has 0 radical (unpaired) electrons. The summed E-state index contributed by atoms with van der Waals surface area (Å²) in [6, 6.07) is 14.8. The Labute approximate surface area is 178 Å². The van der Waals surface area contributed by atoms with Crippen LogP contribution in [0.2, 0.25) is 0 Å². The van der Waals surface area contributed by atoms with Crippen LogP contribution in [0.15, 0.2) is 65.3 Å². The average Bonchev–Trinajstić information content (AvgIpc) is 3.16.